The van der Waals surface area contributed by atoms with Crippen LogP contribution in [0.4, 0.5) is 0 Å². The Morgan fingerprint density at radius 2 is 2.58 bits per heavy atom. The van der Waals surface area contributed by atoms with Crippen molar-refractivity contribution in [2.45, 2.75) is 10.9 Å². The van der Waals surface area contributed by atoms with Crippen molar-refractivity contribution in [1.82, 2.24) is 30.8 Å². The summed E-state index contributed by atoms with van der Waals surface area (Å²) < 4.78 is 4.55. The van der Waals surface area contributed by atoms with E-state index in [9.17, 15) is 0 Å². The van der Waals surface area contributed by atoms with Gasteiger partial charge in [-0.2, -0.15) is 10.2 Å². The Morgan fingerprint density at radius 1 is 1.58 bits per heavy atom. The number of aromatic nitrogens is 6. The second-order valence-corrected chi connectivity index (χ2v) is 2.77. The maximum absolute atomic E-state index is 4.55. The van der Waals surface area contributed by atoms with Crippen LogP contribution in [0.1, 0.15) is 5.82 Å². The van der Waals surface area contributed by atoms with Crippen molar-refractivity contribution in [2.24, 2.45) is 0 Å². The van der Waals surface area contributed by atoms with Gasteiger partial charge in [0.15, 0.2) is 5.82 Å². The molecule has 0 aliphatic heterocycles. The normalized spacial score (nSPS) is 10.3. The Bertz CT molecular complexity index is 283. The molecule has 0 saturated carbocycles. The summed E-state index contributed by atoms with van der Waals surface area (Å²) in [6, 6.07) is 0. The Morgan fingerprint density at radius 3 is 3.25 bits per heavy atom. The fourth-order valence-electron chi connectivity index (χ4n) is 0.599. The highest BCUT2D eigenvalue weighted by Gasteiger charge is 2.02. The minimum atomic E-state index is 0.569. The number of hydrogen-bond donors (Lipinski definition) is 1. The van der Waals surface area contributed by atoms with Gasteiger partial charge in [0.2, 0.25) is 11.6 Å². The fourth-order valence-corrected chi connectivity index (χ4v) is 1.19. The second kappa shape index (κ2) is 3.30. The van der Waals surface area contributed by atoms with E-state index >= 15 is 0 Å². The molecule has 0 aromatic carbocycles. The summed E-state index contributed by atoms with van der Waals surface area (Å²) in [7, 11) is 0. The first-order valence-corrected chi connectivity index (χ1v) is 4.05. The van der Waals surface area contributed by atoms with Crippen molar-refractivity contribution in [1.29, 1.82) is 0 Å². The number of tetrazole rings is 1. The van der Waals surface area contributed by atoms with Gasteiger partial charge in [0.25, 0.3) is 0 Å². The summed E-state index contributed by atoms with van der Waals surface area (Å²) in [6.45, 7) is 0. The van der Waals surface area contributed by atoms with Crippen molar-refractivity contribution in [3.63, 3.8) is 0 Å². The minimum absolute atomic E-state index is 0.569. The van der Waals surface area contributed by atoms with Crippen LogP contribution < -0.4 is 0 Å². The summed E-state index contributed by atoms with van der Waals surface area (Å²) in [5, 5.41) is 17.4. The molecule has 0 saturated heterocycles. The molecule has 0 amide bonds. The van der Waals surface area contributed by atoms with Gasteiger partial charge in [-0.15, -0.1) is 10.2 Å². The Kier molecular flexibility index (Phi) is 1.99. The lowest BCUT2D eigenvalue weighted by atomic mass is 10.7. The van der Waals surface area contributed by atoms with Crippen molar-refractivity contribution >= 4 is 11.8 Å². The molecule has 62 valence electrons. The van der Waals surface area contributed by atoms with Crippen LogP contribution in [0.15, 0.2) is 16.1 Å². The number of rotatable bonds is 3. The van der Waals surface area contributed by atoms with Gasteiger partial charge in [-0.25, -0.2) is 0 Å². The standard InChI is InChI=1S/C4H4N6OS/c1(3-5-2-11-8-3)12-4-6-9-10-7-4/h2H,1H2,(H,6,7,9,10). The van der Waals surface area contributed by atoms with Crippen LogP contribution in [-0.4, -0.2) is 30.8 Å². The molecule has 7 nitrogen and oxygen atoms in total. The van der Waals surface area contributed by atoms with Crippen molar-refractivity contribution in [3.8, 4) is 0 Å². The second-order valence-electron chi connectivity index (χ2n) is 1.83. The average molecular weight is 184 g/mol. The summed E-state index contributed by atoms with van der Waals surface area (Å²) >= 11 is 1.38. The molecule has 8 heteroatoms. The van der Waals surface area contributed by atoms with Crippen LogP contribution in [0.25, 0.3) is 0 Å². The lowest BCUT2D eigenvalue weighted by Crippen LogP contribution is -1.84. The molecule has 0 radical (unpaired) electrons. The third-order valence-corrected chi connectivity index (χ3v) is 1.90. The number of nitrogens with one attached hydrogen (secondary N) is 1. The highest BCUT2D eigenvalue weighted by Crippen LogP contribution is 2.14. The molecular weight excluding hydrogens is 180 g/mol. The van der Waals surface area contributed by atoms with E-state index in [4.69, 9.17) is 0 Å². The predicted octanol–water partition coefficient (Wildman–Crippen LogP) is -0.125. The summed E-state index contributed by atoms with van der Waals surface area (Å²) in [4.78, 5) is 3.83. The molecule has 2 aromatic heterocycles. The van der Waals surface area contributed by atoms with E-state index in [0.29, 0.717) is 16.7 Å². The number of H-pyrrole nitrogens is 1. The molecule has 0 unspecified atom stereocenters. The summed E-state index contributed by atoms with van der Waals surface area (Å²) in [6.07, 6.45) is 1.28. The van der Waals surface area contributed by atoms with Crippen molar-refractivity contribution in [3.05, 3.63) is 12.2 Å². The lowest BCUT2D eigenvalue weighted by molar-refractivity contribution is 0.412. The molecule has 1 N–H and O–H groups in total. The number of thioether (sulfide) groups is 1. The maximum Gasteiger partial charge on any atom is 0.231 e. The van der Waals surface area contributed by atoms with Gasteiger partial charge in [0.1, 0.15) is 0 Å². The van der Waals surface area contributed by atoms with Crippen LogP contribution in [0, 0.1) is 0 Å². The molecule has 0 fully saturated rings. The summed E-state index contributed by atoms with van der Waals surface area (Å²) in [5.41, 5.74) is 0. The van der Waals surface area contributed by atoms with Gasteiger partial charge in [-0.1, -0.05) is 16.9 Å². The molecule has 2 heterocycles. The van der Waals surface area contributed by atoms with E-state index in [-0.39, 0.29) is 0 Å². The van der Waals surface area contributed by atoms with E-state index in [1.165, 1.54) is 18.2 Å². The van der Waals surface area contributed by atoms with Crippen LogP contribution in [0.2, 0.25) is 0 Å². The van der Waals surface area contributed by atoms with Gasteiger partial charge >= 0.3 is 0 Å². The zero-order chi connectivity index (χ0) is 8.23. The largest absolute Gasteiger partial charge is 0.343 e. The quantitative estimate of drug-likeness (QED) is 0.664. The first-order chi connectivity index (χ1) is 5.95. The van der Waals surface area contributed by atoms with Crippen molar-refractivity contribution < 1.29 is 4.52 Å². The predicted molar refractivity (Wildman–Crippen MR) is 38.0 cm³/mol. The van der Waals surface area contributed by atoms with E-state index in [1.807, 2.05) is 0 Å². The van der Waals surface area contributed by atoms with E-state index in [0.717, 1.165) is 0 Å². The Hall–Kier alpha value is -1.44. The van der Waals surface area contributed by atoms with Gasteiger partial charge in [0, 0.05) is 0 Å². The lowest BCUT2D eigenvalue weighted by Gasteiger charge is -1.86. The number of hydrogen-bond acceptors (Lipinski definition) is 7. The van der Waals surface area contributed by atoms with Crippen LogP contribution in [0.5, 0.6) is 0 Å². The molecule has 2 rings (SSSR count). The molecule has 0 bridgehead atoms. The smallest absolute Gasteiger partial charge is 0.231 e. The van der Waals surface area contributed by atoms with E-state index in [2.05, 4.69) is 35.3 Å². The van der Waals surface area contributed by atoms with E-state index in [1.54, 1.807) is 0 Å². The zero-order valence-electron chi connectivity index (χ0n) is 5.84. The van der Waals surface area contributed by atoms with E-state index < -0.39 is 0 Å². The molecule has 0 spiro atoms. The molecule has 2 aromatic rings. The minimum Gasteiger partial charge on any atom is -0.343 e. The molecule has 0 atom stereocenters. The Balaban J connectivity index is 1.91. The van der Waals surface area contributed by atoms with Crippen LogP contribution in [-0.2, 0) is 5.75 Å². The fraction of sp³-hybridized carbons (Fsp3) is 0.250. The molecule has 12 heavy (non-hydrogen) atoms. The highest BCUT2D eigenvalue weighted by molar-refractivity contribution is 7.98. The molecule has 0 aliphatic carbocycles. The third-order valence-electron chi connectivity index (χ3n) is 1.06. The molecular formula is C4H4N6OS. The first kappa shape index (κ1) is 7.22. The van der Waals surface area contributed by atoms with Gasteiger partial charge in [-0.05, 0) is 5.21 Å². The highest BCUT2D eigenvalue weighted by atomic mass is 32.2. The molecule has 0 aliphatic rings. The zero-order valence-corrected chi connectivity index (χ0v) is 6.65. The maximum atomic E-state index is 4.55. The SMILES string of the molecule is c1nc(CSc2nn[nH]n2)no1. The van der Waals surface area contributed by atoms with Crippen LogP contribution in [0.3, 0.4) is 0 Å². The van der Waals surface area contributed by atoms with Gasteiger partial charge in [0.05, 0.1) is 5.75 Å². The van der Waals surface area contributed by atoms with Crippen molar-refractivity contribution in [2.75, 3.05) is 0 Å². The van der Waals surface area contributed by atoms with Gasteiger partial charge < -0.3 is 4.52 Å². The van der Waals surface area contributed by atoms with Gasteiger partial charge in [-0.3, -0.25) is 0 Å². The number of aromatic amines is 1. The first-order valence-electron chi connectivity index (χ1n) is 3.06. The topological polar surface area (TPSA) is 93.4 Å². The number of nitrogens with zero attached hydrogens (tertiary/aromatic N) is 5. The third kappa shape index (κ3) is 1.59. The Labute approximate surface area is 70.9 Å². The summed E-state index contributed by atoms with van der Waals surface area (Å²) in [5.74, 6) is 1.19. The monoisotopic (exact) mass is 184 g/mol. The van der Waals surface area contributed by atoms with Crippen LogP contribution >= 0.6 is 11.8 Å². The average Bonchev–Trinajstić information content (AvgIpc) is 2.74.